The van der Waals surface area contributed by atoms with Crippen molar-refractivity contribution in [1.82, 2.24) is 18.8 Å². The third kappa shape index (κ3) is 3.65. The number of carbonyl (C=O) groups excluding carboxylic acids is 1. The van der Waals surface area contributed by atoms with Gasteiger partial charge in [-0.15, -0.1) is 0 Å². The molecule has 2 aromatic heterocycles. The molecular weight excluding hydrogens is 402 g/mol. The fourth-order valence-corrected chi connectivity index (χ4v) is 4.62. The van der Waals surface area contributed by atoms with E-state index < -0.39 is 11.2 Å². The molecule has 8 nitrogen and oxygen atoms in total. The highest BCUT2D eigenvalue weighted by molar-refractivity contribution is 7.09. The number of amides is 1. The number of carbonyl (C=O) groups is 1. The molecule has 9 heteroatoms. The Labute approximate surface area is 177 Å². The number of aromatic amines is 1. The Morgan fingerprint density at radius 1 is 1.17 bits per heavy atom. The van der Waals surface area contributed by atoms with Gasteiger partial charge >= 0.3 is 5.69 Å². The predicted molar refractivity (Wildman–Crippen MR) is 119 cm³/mol. The molecule has 1 fully saturated rings. The molecule has 3 heterocycles. The summed E-state index contributed by atoms with van der Waals surface area (Å²) in [5, 5.41) is 0. The Balaban J connectivity index is 1.55. The highest BCUT2D eigenvalue weighted by Gasteiger charge is 2.27. The smallest absolute Gasteiger partial charge is 0.328 e. The number of anilines is 1. The van der Waals surface area contributed by atoms with Crippen LogP contribution in [0.1, 0.15) is 35.0 Å². The number of benzene rings is 1. The molecule has 1 aliphatic heterocycles. The number of aryl methyl sites for hydroxylation is 1. The lowest BCUT2D eigenvalue weighted by Crippen LogP contribution is -2.49. The number of H-pyrrole nitrogens is 1. The Kier molecular flexibility index (Phi) is 5.72. The van der Waals surface area contributed by atoms with Crippen molar-refractivity contribution in [2.24, 2.45) is 0 Å². The van der Waals surface area contributed by atoms with E-state index in [1.165, 1.54) is 15.8 Å². The molecule has 1 amide bonds. The standard InChI is InChI=1S/C21H25N5O3S/c1-3-4-9-26-19(27)17-16(22-21(26)29)18(30-23-17)20(28)25-12-10-24(11-13-25)15-8-6-5-7-14(15)2/h5-8H,3-4,9-13H2,1-2H3,(H,22,29). The van der Waals surface area contributed by atoms with Gasteiger partial charge in [0.2, 0.25) is 0 Å². The van der Waals surface area contributed by atoms with Crippen molar-refractivity contribution in [1.29, 1.82) is 0 Å². The maximum Gasteiger partial charge on any atom is 0.328 e. The number of hydrogen-bond donors (Lipinski definition) is 1. The minimum atomic E-state index is -0.487. The predicted octanol–water partition coefficient (Wildman–Crippen LogP) is 2.22. The molecule has 0 atom stereocenters. The van der Waals surface area contributed by atoms with E-state index in [1.54, 1.807) is 4.90 Å². The number of para-hydroxylation sites is 1. The number of nitrogens with one attached hydrogen (secondary N) is 1. The van der Waals surface area contributed by atoms with E-state index in [2.05, 4.69) is 33.3 Å². The summed E-state index contributed by atoms with van der Waals surface area (Å²) in [7, 11) is 0. The van der Waals surface area contributed by atoms with Gasteiger partial charge < -0.3 is 14.8 Å². The molecule has 0 saturated carbocycles. The third-order valence-corrected chi connectivity index (χ3v) is 6.40. The van der Waals surface area contributed by atoms with Gasteiger partial charge in [-0.05, 0) is 36.5 Å². The molecule has 1 aliphatic rings. The number of hydrogen-bond acceptors (Lipinski definition) is 6. The monoisotopic (exact) mass is 427 g/mol. The summed E-state index contributed by atoms with van der Waals surface area (Å²) < 4.78 is 5.37. The molecule has 0 bridgehead atoms. The lowest BCUT2D eigenvalue weighted by molar-refractivity contribution is 0.0753. The van der Waals surface area contributed by atoms with Crippen LogP contribution in [0.3, 0.4) is 0 Å². The second kappa shape index (κ2) is 8.43. The molecule has 0 radical (unpaired) electrons. The number of piperazine rings is 1. The van der Waals surface area contributed by atoms with Crippen molar-refractivity contribution in [2.45, 2.75) is 33.2 Å². The second-order valence-corrected chi connectivity index (χ2v) is 8.31. The van der Waals surface area contributed by atoms with Gasteiger partial charge in [0.25, 0.3) is 11.5 Å². The van der Waals surface area contributed by atoms with E-state index >= 15 is 0 Å². The summed E-state index contributed by atoms with van der Waals surface area (Å²) in [6.07, 6.45) is 1.61. The molecule has 30 heavy (non-hydrogen) atoms. The highest BCUT2D eigenvalue weighted by atomic mass is 32.1. The number of fused-ring (bicyclic) bond motifs is 1. The highest BCUT2D eigenvalue weighted by Crippen LogP contribution is 2.23. The first kappa shape index (κ1) is 20.3. The van der Waals surface area contributed by atoms with Gasteiger partial charge in [0.15, 0.2) is 5.52 Å². The summed E-state index contributed by atoms with van der Waals surface area (Å²) in [6.45, 7) is 7.04. The zero-order valence-electron chi connectivity index (χ0n) is 17.2. The van der Waals surface area contributed by atoms with Crippen LogP contribution in [0.4, 0.5) is 5.69 Å². The van der Waals surface area contributed by atoms with Crippen LogP contribution in [0.5, 0.6) is 0 Å². The summed E-state index contributed by atoms with van der Waals surface area (Å²) in [5.41, 5.74) is 1.90. The van der Waals surface area contributed by atoms with Crippen LogP contribution in [-0.4, -0.2) is 50.9 Å². The zero-order valence-corrected chi connectivity index (χ0v) is 18.0. The maximum atomic E-state index is 13.1. The van der Waals surface area contributed by atoms with Crippen LogP contribution in [0, 0.1) is 6.92 Å². The average molecular weight is 428 g/mol. The number of aromatic nitrogens is 3. The normalized spacial score (nSPS) is 14.5. The summed E-state index contributed by atoms with van der Waals surface area (Å²) >= 11 is 0.981. The van der Waals surface area contributed by atoms with Gasteiger partial charge in [0, 0.05) is 38.4 Å². The molecule has 0 spiro atoms. The van der Waals surface area contributed by atoms with Gasteiger partial charge in [0.1, 0.15) is 4.88 Å². The van der Waals surface area contributed by atoms with Crippen LogP contribution in [-0.2, 0) is 6.54 Å². The number of unbranched alkanes of at least 4 members (excludes halogenated alkanes) is 1. The molecule has 1 saturated heterocycles. The Morgan fingerprint density at radius 2 is 1.90 bits per heavy atom. The van der Waals surface area contributed by atoms with Crippen molar-refractivity contribution in [2.75, 3.05) is 31.1 Å². The van der Waals surface area contributed by atoms with E-state index in [0.29, 0.717) is 24.5 Å². The topological polar surface area (TPSA) is 91.3 Å². The van der Waals surface area contributed by atoms with Gasteiger partial charge in [-0.2, -0.15) is 4.37 Å². The Bertz CT molecular complexity index is 1190. The van der Waals surface area contributed by atoms with Crippen molar-refractivity contribution in [3.8, 4) is 0 Å². The lowest BCUT2D eigenvalue weighted by atomic mass is 10.1. The average Bonchev–Trinajstić information content (AvgIpc) is 3.17. The molecule has 4 rings (SSSR count). The Morgan fingerprint density at radius 3 is 2.60 bits per heavy atom. The fourth-order valence-electron chi connectivity index (χ4n) is 3.82. The summed E-state index contributed by atoms with van der Waals surface area (Å²) in [6, 6.07) is 8.22. The molecule has 1 aromatic carbocycles. The lowest BCUT2D eigenvalue weighted by Gasteiger charge is -2.36. The van der Waals surface area contributed by atoms with Crippen molar-refractivity contribution >= 4 is 34.2 Å². The van der Waals surface area contributed by atoms with Gasteiger partial charge in [-0.1, -0.05) is 31.5 Å². The van der Waals surface area contributed by atoms with Gasteiger partial charge in [-0.3, -0.25) is 14.2 Å². The fraction of sp³-hybridized carbons (Fsp3) is 0.429. The quantitative estimate of drug-likeness (QED) is 0.674. The van der Waals surface area contributed by atoms with Gasteiger partial charge in [-0.25, -0.2) is 4.79 Å². The van der Waals surface area contributed by atoms with Crippen molar-refractivity contribution in [3.05, 3.63) is 55.5 Å². The van der Waals surface area contributed by atoms with Crippen LogP contribution >= 0.6 is 11.5 Å². The van der Waals surface area contributed by atoms with Gasteiger partial charge in [0.05, 0.1) is 5.52 Å². The van der Waals surface area contributed by atoms with Crippen LogP contribution in [0.15, 0.2) is 33.9 Å². The number of rotatable bonds is 5. The molecule has 3 aromatic rings. The first-order valence-corrected chi connectivity index (χ1v) is 11.0. The minimum Gasteiger partial charge on any atom is -0.368 e. The van der Waals surface area contributed by atoms with Crippen LogP contribution in [0.2, 0.25) is 0 Å². The number of nitrogens with zero attached hydrogens (tertiary/aromatic N) is 4. The van der Waals surface area contributed by atoms with E-state index in [1.807, 2.05) is 19.1 Å². The summed E-state index contributed by atoms with van der Waals surface area (Å²) in [4.78, 5) is 45.2. The summed E-state index contributed by atoms with van der Waals surface area (Å²) in [5.74, 6) is -0.187. The largest absolute Gasteiger partial charge is 0.368 e. The molecule has 1 N–H and O–H groups in total. The van der Waals surface area contributed by atoms with E-state index in [9.17, 15) is 14.4 Å². The third-order valence-electron chi connectivity index (χ3n) is 5.57. The molecular formula is C21H25N5O3S. The Hall–Kier alpha value is -2.94. The minimum absolute atomic E-state index is 0.164. The second-order valence-electron chi connectivity index (χ2n) is 7.54. The van der Waals surface area contributed by atoms with Crippen LogP contribution in [0.25, 0.3) is 11.0 Å². The molecule has 0 aliphatic carbocycles. The maximum absolute atomic E-state index is 13.1. The van der Waals surface area contributed by atoms with E-state index in [0.717, 1.165) is 37.5 Å². The van der Waals surface area contributed by atoms with E-state index in [-0.39, 0.29) is 16.9 Å². The van der Waals surface area contributed by atoms with Crippen LogP contribution < -0.4 is 16.1 Å². The van der Waals surface area contributed by atoms with Crippen molar-refractivity contribution in [3.63, 3.8) is 0 Å². The first-order chi connectivity index (χ1) is 14.5. The SMILES string of the molecule is CCCCn1c(=O)[nH]c2c(C(=O)N3CCN(c4ccccc4C)CC3)snc2c1=O. The zero-order chi connectivity index (χ0) is 21.3. The van der Waals surface area contributed by atoms with E-state index in [4.69, 9.17) is 0 Å². The molecule has 158 valence electrons. The first-order valence-electron chi connectivity index (χ1n) is 10.2. The molecule has 0 unspecified atom stereocenters. The van der Waals surface area contributed by atoms with Crippen molar-refractivity contribution < 1.29 is 4.79 Å².